The number of carboxylic acid groups (broad SMARTS) is 1. The van der Waals surface area contributed by atoms with Crippen LogP contribution in [0.4, 0.5) is 5.69 Å². The predicted octanol–water partition coefficient (Wildman–Crippen LogP) is 1.80. The number of aromatic nitrogens is 2. The number of halogens is 1. The number of nitrogens with zero attached hydrogens (tertiary/aromatic N) is 4. The first-order valence-corrected chi connectivity index (χ1v) is 7.73. The molecule has 2 aromatic rings. The van der Waals surface area contributed by atoms with E-state index in [1.807, 2.05) is 12.1 Å². The lowest BCUT2D eigenvalue weighted by atomic mass is 10.0. The summed E-state index contributed by atoms with van der Waals surface area (Å²) in [7, 11) is 5.22. The monoisotopic (exact) mass is 364 g/mol. The van der Waals surface area contributed by atoms with Gasteiger partial charge in [0.1, 0.15) is 0 Å². The molecule has 25 heavy (non-hydrogen) atoms. The van der Waals surface area contributed by atoms with Crippen molar-refractivity contribution in [2.24, 2.45) is 7.05 Å². The zero-order chi connectivity index (χ0) is 17.4. The summed E-state index contributed by atoms with van der Waals surface area (Å²) in [5.41, 5.74) is 3.47. The Labute approximate surface area is 152 Å². The van der Waals surface area contributed by atoms with Gasteiger partial charge in [0.25, 0.3) is 5.91 Å². The minimum atomic E-state index is -0.999. The first-order valence-electron chi connectivity index (χ1n) is 7.73. The van der Waals surface area contributed by atoms with Crippen LogP contribution in [0.25, 0.3) is 0 Å². The Morgan fingerprint density at radius 1 is 1.20 bits per heavy atom. The third-order valence-corrected chi connectivity index (χ3v) is 4.33. The molecule has 8 heteroatoms. The number of rotatable bonds is 3. The van der Waals surface area contributed by atoms with Crippen LogP contribution in [0.5, 0.6) is 0 Å². The Kier molecular flexibility index (Phi) is 5.37. The maximum Gasteiger partial charge on any atom is 0.356 e. The van der Waals surface area contributed by atoms with Crippen molar-refractivity contribution in [1.82, 2.24) is 14.7 Å². The van der Waals surface area contributed by atoms with Crippen molar-refractivity contribution >= 4 is 30.0 Å². The Morgan fingerprint density at radius 3 is 2.40 bits per heavy atom. The molecule has 1 amide bonds. The van der Waals surface area contributed by atoms with Gasteiger partial charge in [0.2, 0.25) is 0 Å². The van der Waals surface area contributed by atoms with Crippen LogP contribution in [-0.4, -0.2) is 52.3 Å². The van der Waals surface area contributed by atoms with E-state index in [1.165, 1.54) is 4.90 Å². The average Bonchev–Trinajstić information content (AvgIpc) is 2.91. The number of hydrogen-bond acceptors (Lipinski definition) is 4. The van der Waals surface area contributed by atoms with E-state index in [0.29, 0.717) is 12.1 Å². The van der Waals surface area contributed by atoms with Crippen molar-refractivity contribution in [3.8, 4) is 0 Å². The molecule has 1 aliphatic heterocycles. The fourth-order valence-corrected chi connectivity index (χ4v) is 3.06. The fourth-order valence-electron chi connectivity index (χ4n) is 3.06. The summed E-state index contributed by atoms with van der Waals surface area (Å²) < 4.78 is 1.66. The smallest absolute Gasteiger partial charge is 0.356 e. The van der Waals surface area contributed by atoms with Gasteiger partial charge in [0.05, 0.1) is 0 Å². The highest BCUT2D eigenvalue weighted by molar-refractivity contribution is 5.94. The lowest BCUT2D eigenvalue weighted by Gasteiger charge is -2.29. The quantitative estimate of drug-likeness (QED) is 0.898. The number of benzene rings is 1. The Balaban J connectivity index is 0.00000225. The number of anilines is 1. The van der Waals surface area contributed by atoms with Crippen molar-refractivity contribution in [3.05, 3.63) is 46.8 Å². The van der Waals surface area contributed by atoms with Crippen molar-refractivity contribution in [1.29, 1.82) is 0 Å². The second-order valence-electron chi connectivity index (χ2n) is 6.12. The zero-order valence-electron chi connectivity index (χ0n) is 14.4. The van der Waals surface area contributed by atoms with Crippen LogP contribution in [-0.2, 0) is 20.0 Å². The molecule has 7 nitrogen and oxygen atoms in total. The maximum atomic E-state index is 12.0. The molecule has 0 fully saturated rings. The summed E-state index contributed by atoms with van der Waals surface area (Å²) in [6.45, 7) is 1.29. The molecule has 0 saturated carbocycles. The summed E-state index contributed by atoms with van der Waals surface area (Å²) in [5, 5.41) is 13.4. The van der Waals surface area contributed by atoms with Gasteiger partial charge in [-0.3, -0.25) is 9.48 Å². The van der Waals surface area contributed by atoms with E-state index in [1.54, 1.807) is 38.0 Å². The highest BCUT2D eigenvalue weighted by Gasteiger charge is 2.27. The van der Waals surface area contributed by atoms with Gasteiger partial charge < -0.3 is 14.9 Å². The molecular weight excluding hydrogens is 344 g/mol. The number of fused-ring (bicyclic) bond motifs is 1. The van der Waals surface area contributed by atoms with Crippen LogP contribution >= 0.6 is 12.4 Å². The number of carbonyl (C=O) groups excluding carboxylic acids is 1. The molecule has 0 radical (unpaired) electrons. The third kappa shape index (κ3) is 3.46. The first-order chi connectivity index (χ1) is 11.4. The number of aromatic carboxylic acids is 1. The summed E-state index contributed by atoms with van der Waals surface area (Å²) in [6.07, 6.45) is 0.741. The Hall–Kier alpha value is -2.54. The van der Waals surface area contributed by atoms with E-state index in [2.05, 4.69) is 10.00 Å². The number of carboxylic acids is 1. The molecule has 0 aliphatic carbocycles. The topological polar surface area (TPSA) is 78.7 Å². The number of hydrogen-bond donors (Lipinski definition) is 1. The zero-order valence-corrected chi connectivity index (χ0v) is 15.2. The van der Waals surface area contributed by atoms with Crippen molar-refractivity contribution in [2.75, 3.05) is 25.5 Å². The molecule has 1 aromatic carbocycles. The van der Waals surface area contributed by atoms with Crippen molar-refractivity contribution in [2.45, 2.75) is 13.0 Å². The highest BCUT2D eigenvalue weighted by Crippen LogP contribution is 2.27. The van der Waals surface area contributed by atoms with Crippen molar-refractivity contribution < 1.29 is 14.7 Å². The molecule has 0 bridgehead atoms. The average molecular weight is 365 g/mol. The minimum Gasteiger partial charge on any atom is -0.476 e. The van der Waals surface area contributed by atoms with E-state index >= 15 is 0 Å². The van der Waals surface area contributed by atoms with Crippen LogP contribution in [0, 0.1) is 0 Å². The van der Waals surface area contributed by atoms with Gasteiger partial charge >= 0.3 is 5.97 Å². The van der Waals surface area contributed by atoms with E-state index in [0.717, 1.165) is 29.9 Å². The van der Waals surface area contributed by atoms with E-state index < -0.39 is 5.97 Å². The second kappa shape index (κ2) is 7.14. The van der Waals surface area contributed by atoms with Crippen LogP contribution in [0.2, 0.25) is 0 Å². The molecule has 0 atom stereocenters. The van der Waals surface area contributed by atoms with E-state index in [9.17, 15) is 14.7 Å². The molecule has 0 saturated heterocycles. The predicted molar refractivity (Wildman–Crippen MR) is 96.6 cm³/mol. The van der Waals surface area contributed by atoms with E-state index in [-0.39, 0.29) is 24.0 Å². The molecule has 0 spiro atoms. The largest absolute Gasteiger partial charge is 0.476 e. The summed E-state index contributed by atoms with van der Waals surface area (Å²) in [4.78, 5) is 27.0. The fraction of sp³-hybridized carbons (Fsp3) is 0.353. The van der Waals surface area contributed by atoms with Crippen LogP contribution < -0.4 is 4.90 Å². The molecule has 134 valence electrons. The second-order valence-corrected chi connectivity index (χ2v) is 6.12. The Bertz CT molecular complexity index is 799. The number of carbonyl (C=O) groups is 2. The highest BCUT2D eigenvalue weighted by atomic mass is 35.5. The number of aryl methyl sites for hydroxylation is 1. The van der Waals surface area contributed by atoms with Gasteiger partial charge in [0.15, 0.2) is 5.69 Å². The van der Waals surface area contributed by atoms with Gasteiger partial charge in [-0.25, -0.2) is 4.79 Å². The summed E-state index contributed by atoms with van der Waals surface area (Å²) in [6, 6.07) is 7.40. The molecule has 1 aliphatic rings. The van der Waals surface area contributed by atoms with Gasteiger partial charge in [-0.05, 0) is 24.3 Å². The molecule has 3 rings (SSSR count). The Morgan fingerprint density at radius 2 is 1.84 bits per heavy atom. The van der Waals surface area contributed by atoms with Gasteiger partial charge in [-0.2, -0.15) is 5.10 Å². The van der Waals surface area contributed by atoms with Crippen LogP contribution in [0.15, 0.2) is 24.3 Å². The van der Waals surface area contributed by atoms with Gasteiger partial charge in [0, 0.05) is 63.2 Å². The third-order valence-electron chi connectivity index (χ3n) is 4.33. The minimum absolute atomic E-state index is 0. The lowest BCUT2D eigenvalue weighted by molar-refractivity contribution is 0.0688. The van der Waals surface area contributed by atoms with Crippen LogP contribution in [0.1, 0.15) is 32.1 Å². The standard InChI is InChI=1S/C17H20N4O3.ClH/c1-19(2)16(22)11-4-6-12(7-5-11)21-9-8-14-13(10-21)15(17(23)24)18-20(14)3;/h4-7H,8-10H2,1-3H3,(H,23,24);1H. The van der Waals surface area contributed by atoms with Crippen LogP contribution in [0.3, 0.4) is 0 Å². The molecular formula is C17H21ClN4O3. The normalized spacial score (nSPS) is 13.0. The number of amides is 1. The summed E-state index contributed by atoms with van der Waals surface area (Å²) >= 11 is 0. The summed E-state index contributed by atoms with van der Waals surface area (Å²) in [5.74, 6) is -1.04. The van der Waals surface area contributed by atoms with E-state index in [4.69, 9.17) is 0 Å². The molecule has 0 unspecified atom stereocenters. The molecule has 2 heterocycles. The molecule has 1 N–H and O–H groups in total. The van der Waals surface area contributed by atoms with Gasteiger partial charge in [-0.15, -0.1) is 12.4 Å². The SMILES string of the molecule is CN(C)C(=O)c1ccc(N2CCc3c(c(C(=O)O)nn3C)C2)cc1.Cl. The maximum absolute atomic E-state index is 12.0. The lowest BCUT2D eigenvalue weighted by Crippen LogP contribution is -2.31. The molecule has 1 aromatic heterocycles. The van der Waals surface area contributed by atoms with Crippen molar-refractivity contribution in [3.63, 3.8) is 0 Å². The van der Waals surface area contributed by atoms with Gasteiger partial charge in [-0.1, -0.05) is 0 Å². The first kappa shape index (κ1) is 18.8.